The van der Waals surface area contributed by atoms with E-state index in [1.807, 2.05) is 0 Å². The summed E-state index contributed by atoms with van der Waals surface area (Å²) in [6.07, 6.45) is 2.57. The number of rotatable bonds is 3. The van der Waals surface area contributed by atoms with Crippen LogP contribution in [0.2, 0.25) is 0 Å². The van der Waals surface area contributed by atoms with E-state index in [-0.39, 0.29) is 0 Å². The van der Waals surface area contributed by atoms with Crippen molar-refractivity contribution in [2.24, 2.45) is 0 Å². The van der Waals surface area contributed by atoms with Gasteiger partial charge in [-0.05, 0) is 11.7 Å². The Kier molecular flexibility index (Phi) is 3.35. The molecule has 0 aliphatic rings. The predicted molar refractivity (Wildman–Crippen MR) is 38.5 cm³/mol. The van der Waals surface area contributed by atoms with Crippen molar-refractivity contribution < 1.29 is 17.4 Å². The fraction of sp³-hybridized carbons (Fsp3) is 0.800. The van der Waals surface area contributed by atoms with Crippen LogP contribution in [0.5, 0.6) is 0 Å². The molecule has 0 aliphatic heterocycles. The van der Waals surface area contributed by atoms with Crippen molar-refractivity contribution in [3.8, 4) is 0 Å². The van der Waals surface area contributed by atoms with Crippen LogP contribution in [0.25, 0.3) is 0 Å². The highest BCUT2D eigenvalue weighted by Gasteiger charge is 2.09. The fourth-order valence-electron chi connectivity index (χ4n) is 0.452. The van der Waals surface area contributed by atoms with Crippen molar-refractivity contribution in [3.63, 3.8) is 0 Å². The van der Waals surface area contributed by atoms with Crippen LogP contribution >= 0.6 is 0 Å². The van der Waals surface area contributed by atoms with E-state index in [4.69, 9.17) is 0 Å². The summed E-state index contributed by atoms with van der Waals surface area (Å²) in [6, 6.07) is 0. The molecule has 0 N–H and O–H groups in total. The van der Waals surface area contributed by atoms with Crippen LogP contribution in [0, 0.1) is 0 Å². The highest BCUT2D eigenvalue weighted by molar-refractivity contribution is 7.85. The van der Waals surface area contributed by atoms with Gasteiger partial charge in [-0.2, -0.15) is 8.42 Å². The molecule has 60 valence electrons. The van der Waals surface area contributed by atoms with Gasteiger partial charge in [-0.25, -0.2) is 0 Å². The van der Waals surface area contributed by atoms with Gasteiger partial charge in [0.25, 0.3) is 0 Å². The smallest absolute Gasteiger partial charge is 0.181 e. The summed E-state index contributed by atoms with van der Waals surface area (Å²) < 4.78 is 26.7. The molecule has 0 rings (SSSR count). The van der Waals surface area contributed by atoms with Gasteiger partial charge in [0.05, 0.1) is 6.26 Å². The Hall–Kier alpha value is -0.580. The van der Waals surface area contributed by atoms with Crippen molar-refractivity contribution in [2.75, 3.05) is 12.8 Å². The monoisotopic (exact) mass is 166 g/mol. The zero-order valence-electron chi connectivity index (χ0n) is 6.36. The molecule has 0 aromatic carbocycles. The number of hydroxylamine groups is 1. The van der Waals surface area contributed by atoms with Crippen LogP contribution in [0.15, 0.2) is 0 Å². The molecule has 0 fully saturated rings. The third-order valence-corrected chi connectivity index (χ3v) is 1.29. The first kappa shape index (κ1) is 9.42. The lowest BCUT2D eigenvalue weighted by molar-refractivity contribution is -0.739. The Labute approximate surface area is 61.2 Å². The molecule has 0 aromatic heterocycles. The lowest BCUT2D eigenvalue weighted by Crippen LogP contribution is -2.17. The summed E-state index contributed by atoms with van der Waals surface area (Å²) >= 11 is 0. The first-order valence-corrected chi connectivity index (χ1v) is 4.77. The van der Waals surface area contributed by atoms with Crippen LogP contribution in [0.1, 0.15) is 13.8 Å². The standard InChI is InChI=1S/C5H12NO3S/c1-4-6(5-2)9-10(3,7)8/h4H,5H2,1-3H3/q+1. The maximum absolute atomic E-state index is 10.5. The second kappa shape index (κ2) is 3.55. The molecule has 0 aromatic rings. The Balaban J connectivity index is 4.16. The summed E-state index contributed by atoms with van der Waals surface area (Å²) in [4.78, 5) is 0. The lowest BCUT2D eigenvalue weighted by Gasteiger charge is -1.94. The Morgan fingerprint density at radius 1 is 1.60 bits per heavy atom. The van der Waals surface area contributed by atoms with E-state index in [1.54, 1.807) is 20.1 Å². The number of nitrogens with zero attached hydrogens (tertiary/aromatic N) is 1. The summed E-state index contributed by atoms with van der Waals surface area (Å²) in [5.41, 5.74) is 0. The molecule has 10 heavy (non-hydrogen) atoms. The summed E-state index contributed by atoms with van der Waals surface area (Å²) in [5, 5.41) is 0. The molecule has 4 nitrogen and oxygen atoms in total. The summed E-state index contributed by atoms with van der Waals surface area (Å²) in [5.74, 6) is 0. The zero-order chi connectivity index (χ0) is 8.20. The maximum atomic E-state index is 10.5. The van der Waals surface area contributed by atoms with Crippen molar-refractivity contribution in [1.29, 1.82) is 0 Å². The molecule has 0 atom stereocenters. The van der Waals surface area contributed by atoms with Crippen LogP contribution in [0.4, 0.5) is 0 Å². The van der Waals surface area contributed by atoms with Gasteiger partial charge in [0.15, 0.2) is 12.8 Å². The van der Waals surface area contributed by atoms with E-state index < -0.39 is 10.1 Å². The van der Waals surface area contributed by atoms with Crippen molar-refractivity contribution in [2.45, 2.75) is 13.8 Å². The van der Waals surface area contributed by atoms with Gasteiger partial charge < -0.3 is 0 Å². The highest BCUT2D eigenvalue weighted by atomic mass is 32.2. The first-order valence-electron chi connectivity index (χ1n) is 2.95. The quantitative estimate of drug-likeness (QED) is 0.337. The Morgan fingerprint density at radius 3 is 2.20 bits per heavy atom. The topological polar surface area (TPSA) is 46.4 Å². The molecule has 0 radical (unpaired) electrons. The van der Waals surface area contributed by atoms with E-state index >= 15 is 0 Å². The molecule has 0 aliphatic carbocycles. The van der Waals surface area contributed by atoms with Gasteiger partial charge in [0.1, 0.15) is 0 Å². The van der Waals surface area contributed by atoms with Crippen molar-refractivity contribution in [1.82, 2.24) is 0 Å². The molecule has 0 saturated carbocycles. The summed E-state index contributed by atoms with van der Waals surface area (Å²) in [6.45, 7) is 4.02. The molecule has 0 spiro atoms. The molecular weight excluding hydrogens is 154 g/mol. The average molecular weight is 166 g/mol. The lowest BCUT2D eigenvalue weighted by atomic mass is 10.7. The van der Waals surface area contributed by atoms with Crippen LogP contribution in [0.3, 0.4) is 0 Å². The minimum absolute atomic E-state index is 0.517. The number of hydrogen-bond acceptors (Lipinski definition) is 3. The maximum Gasteiger partial charge on any atom is 0.363 e. The van der Waals surface area contributed by atoms with Gasteiger partial charge in [0, 0.05) is 6.92 Å². The zero-order valence-corrected chi connectivity index (χ0v) is 7.18. The minimum atomic E-state index is -3.35. The van der Waals surface area contributed by atoms with Crippen LogP contribution < -0.4 is 0 Å². The van der Waals surface area contributed by atoms with Gasteiger partial charge >= 0.3 is 10.1 Å². The molecule has 0 saturated heterocycles. The van der Waals surface area contributed by atoms with Gasteiger partial charge in [-0.15, -0.1) is 4.28 Å². The predicted octanol–water partition coefficient (Wildman–Crippen LogP) is 0.000700. The molecule has 0 heterocycles. The average Bonchev–Trinajstić information content (AvgIpc) is 1.81. The third-order valence-electron chi connectivity index (χ3n) is 0.831. The van der Waals surface area contributed by atoms with Gasteiger partial charge in [-0.3, -0.25) is 0 Å². The minimum Gasteiger partial charge on any atom is -0.181 e. The van der Waals surface area contributed by atoms with Gasteiger partial charge in [-0.1, -0.05) is 0 Å². The van der Waals surface area contributed by atoms with E-state index in [1.165, 1.54) is 4.74 Å². The molecule has 0 unspecified atom stereocenters. The SMILES string of the molecule is CC=[N+](CC)OS(C)(=O)=O. The van der Waals surface area contributed by atoms with Crippen molar-refractivity contribution >= 4 is 16.3 Å². The normalized spacial score (nSPS) is 13.3. The summed E-state index contributed by atoms with van der Waals surface area (Å²) in [7, 11) is -3.35. The van der Waals surface area contributed by atoms with Crippen molar-refractivity contribution in [3.05, 3.63) is 0 Å². The van der Waals surface area contributed by atoms with E-state index in [2.05, 4.69) is 4.28 Å². The second-order valence-corrected chi connectivity index (χ2v) is 3.33. The van der Waals surface area contributed by atoms with Crippen LogP contribution in [-0.4, -0.2) is 32.2 Å². The second-order valence-electron chi connectivity index (χ2n) is 1.77. The number of hydrogen-bond donors (Lipinski definition) is 0. The van der Waals surface area contributed by atoms with E-state index in [0.717, 1.165) is 6.26 Å². The fourth-order valence-corrected chi connectivity index (χ4v) is 0.992. The highest BCUT2D eigenvalue weighted by Crippen LogP contribution is 1.86. The third kappa shape index (κ3) is 4.31. The van der Waals surface area contributed by atoms with E-state index in [9.17, 15) is 8.42 Å². The molecule has 5 heteroatoms. The Bertz CT molecular complexity index is 217. The first-order chi connectivity index (χ1) is 4.49. The Morgan fingerprint density at radius 2 is 2.10 bits per heavy atom. The van der Waals surface area contributed by atoms with Gasteiger partial charge in [0.2, 0.25) is 0 Å². The molecule has 0 bridgehead atoms. The molecular formula is C5H12NO3S+. The van der Waals surface area contributed by atoms with Crippen LogP contribution in [-0.2, 0) is 14.4 Å². The van der Waals surface area contributed by atoms with E-state index in [0.29, 0.717) is 6.54 Å². The molecule has 0 amide bonds. The largest absolute Gasteiger partial charge is 0.363 e.